The number of rotatable bonds is 6. The summed E-state index contributed by atoms with van der Waals surface area (Å²) in [7, 11) is 0. The molecule has 2 heterocycles. The van der Waals surface area contributed by atoms with Gasteiger partial charge in [-0.15, -0.1) is 0 Å². The average molecular weight is 769 g/mol. The highest BCUT2D eigenvalue weighted by Crippen LogP contribution is 2.54. The predicted octanol–water partition coefficient (Wildman–Crippen LogP) is 15.8. The van der Waals surface area contributed by atoms with Gasteiger partial charge in [-0.3, -0.25) is 0 Å². The Balaban J connectivity index is 1.00. The molecule has 0 aliphatic heterocycles. The van der Waals surface area contributed by atoms with E-state index in [4.69, 9.17) is 4.42 Å². The summed E-state index contributed by atoms with van der Waals surface area (Å²) < 4.78 is 8.54. The van der Waals surface area contributed by atoms with Crippen LogP contribution in [0.25, 0.3) is 82.8 Å². The van der Waals surface area contributed by atoms with Crippen LogP contribution in [0.15, 0.2) is 211 Å². The molecular weight excluding hydrogens is 729 g/mol. The van der Waals surface area contributed by atoms with E-state index in [0.717, 1.165) is 50.1 Å². The van der Waals surface area contributed by atoms with Gasteiger partial charge in [0.1, 0.15) is 11.2 Å². The first-order valence-electron chi connectivity index (χ1n) is 20.8. The Kier molecular flexibility index (Phi) is 7.58. The number of hydrogen-bond donors (Lipinski definition) is 0. The molecule has 0 bridgehead atoms. The fourth-order valence-corrected chi connectivity index (χ4v) is 10.0. The molecule has 0 saturated carbocycles. The molecule has 284 valence electrons. The monoisotopic (exact) mass is 768 g/mol. The number of fused-ring (bicyclic) bond motifs is 9. The number of para-hydroxylation sites is 3. The van der Waals surface area contributed by atoms with E-state index in [-0.39, 0.29) is 5.41 Å². The number of hydrogen-bond acceptors (Lipinski definition) is 2. The third-order valence-corrected chi connectivity index (χ3v) is 12.8. The van der Waals surface area contributed by atoms with Gasteiger partial charge in [-0.2, -0.15) is 0 Å². The Bertz CT molecular complexity index is 3440. The lowest BCUT2D eigenvalue weighted by atomic mass is 9.81. The Morgan fingerprint density at radius 1 is 0.433 bits per heavy atom. The summed E-state index contributed by atoms with van der Waals surface area (Å²) >= 11 is 0. The van der Waals surface area contributed by atoms with Crippen LogP contribution in [0.5, 0.6) is 0 Å². The molecule has 0 atom stereocenters. The van der Waals surface area contributed by atoms with Gasteiger partial charge in [0.15, 0.2) is 0 Å². The fourth-order valence-electron chi connectivity index (χ4n) is 10.0. The molecule has 1 aliphatic carbocycles. The molecular formula is C57H40N2O. The maximum atomic E-state index is 6.16. The summed E-state index contributed by atoms with van der Waals surface area (Å²) in [6.07, 6.45) is 0. The van der Waals surface area contributed by atoms with E-state index in [1.165, 1.54) is 60.9 Å². The Morgan fingerprint density at radius 3 is 1.85 bits per heavy atom. The second-order valence-electron chi connectivity index (χ2n) is 16.5. The molecule has 11 aromatic rings. The third kappa shape index (κ3) is 5.15. The molecule has 3 heteroatoms. The summed E-state index contributed by atoms with van der Waals surface area (Å²) in [5.74, 6) is 0. The summed E-state index contributed by atoms with van der Waals surface area (Å²) in [5.41, 5.74) is 18.7. The van der Waals surface area contributed by atoms with Crippen molar-refractivity contribution in [2.24, 2.45) is 0 Å². The smallest absolute Gasteiger partial charge is 0.135 e. The van der Waals surface area contributed by atoms with E-state index < -0.39 is 0 Å². The minimum atomic E-state index is -0.188. The van der Waals surface area contributed by atoms with Crippen molar-refractivity contribution < 1.29 is 4.42 Å². The van der Waals surface area contributed by atoms with Crippen LogP contribution in [0.3, 0.4) is 0 Å². The fraction of sp³-hybridized carbons (Fsp3) is 0.0526. The number of nitrogens with zero attached hydrogens (tertiary/aromatic N) is 2. The highest BCUT2D eigenvalue weighted by molar-refractivity contribution is 6.16. The summed E-state index contributed by atoms with van der Waals surface area (Å²) in [4.78, 5) is 2.45. The van der Waals surface area contributed by atoms with Crippen molar-refractivity contribution in [3.8, 4) is 39.1 Å². The lowest BCUT2D eigenvalue weighted by molar-refractivity contribution is 0.661. The first-order chi connectivity index (χ1) is 29.5. The van der Waals surface area contributed by atoms with Crippen LogP contribution in [0.2, 0.25) is 0 Å². The molecule has 0 radical (unpaired) electrons. The van der Waals surface area contributed by atoms with Gasteiger partial charge in [0, 0.05) is 44.0 Å². The van der Waals surface area contributed by atoms with Gasteiger partial charge < -0.3 is 13.9 Å². The van der Waals surface area contributed by atoms with Gasteiger partial charge in [0.25, 0.3) is 0 Å². The Hall–Kier alpha value is -7.62. The lowest BCUT2D eigenvalue weighted by Gasteiger charge is -2.32. The van der Waals surface area contributed by atoms with Crippen LogP contribution in [-0.4, -0.2) is 4.57 Å². The minimum Gasteiger partial charge on any atom is -0.456 e. The van der Waals surface area contributed by atoms with E-state index in [9.17, 15) is 0 Å². The van der Waals surface area contributed by atoms with E-state index >= 15 is 0 Å². The molecule has 0 amide bonds. The second-order valence-corrected chi connectivity index (χ2v) is 16.5. The zero-order chi connectivity index (χ0) is 40.0. The normalized spacial score (nSPS) is 13.0. The van der Waals surface area contributed by atoms with Gasteiger partial charge in [0.2, 0.25) is 0 Å². The lowest BCUT2D eigenvalue weighted by Crippen LogP contribution is -2.20. The van der Waals surface area contributed by atoms with Gasteiger partial charge in [0.05, 0.1) is 16.7 Å². The zero-order valence-corrected chi connectivity index (χ0v) is 33.4. The van der Waals surface area contributed by atoms with Gasteiger partial charge in [-0.05, 0) is 117 Å². The average Bonchev–Trinajstić information content (AvgIpc) is 3.93. The van der Waals surface area contributed by atoms with Crippen LogP contribution >= 0.6 is 0 Å². The molecule has 2 aromatic heterocycles. The van der Waals surface area contributed by atoms with Crippen molar-refractivity contribution >= 4 is 60.8 Å². The van der Waals surface area contributed by atoms with Crippen molar-refractivity contribution in [1.29, 1.82) is 0 Å². The van der Waals surface area contributed by atoms with E-state index in [2.05, 4.69) is 217 Å². The van der Waals surface area contributed by atoms with E-state index in [1.54, 1.807) is 0 Å². The summed E-state index contributed by atoms with van der Waals surface area (Å²) in [6, 6.07) is 74.9. The number of furan rings is 1. The SMILES string of the molecule is CC1(C)c2ccccc2-c2cccc(N(c3ccc(-c4ccc5oc6ccccc6c5c4)cc3)c3ccc(-c4cccc5c4c4ccccc4n5-c4ccccc4)cc3)c21. The van der Waals surface area contributed by atoms with Crippen molar-refractivity contribution in [3.05, 3.63) is 217 Å². The van der Waals surface area contributed by atoms with Crippen molar-refractivity contribution in [2.75, 3.05) is 4.90 Å². The van der Waals surface area contributed by atoms with E-state index in [1.807, 2.05) is 12.1 Å². The molecule has 12 rings (SSSR count). The van der Waals surface area contributed by atoms with Gasteiger partial charge in [-0.1, -0.05) is 147 Å². The first kappa shape index (κ1) is 34.4. The van der Waals surface area contributed by atoms with Crippen molar-refractivity contribution in [2.45, 2.75) is 19.3 Å². The zero-order valence-electron chi connectivity index (χ0n) is 33.4. The van der Waals surface area contributed by atoms with Crippen molar-refractivity contribution in [1.82, 2.24) is 4.57 Å². The Morgan fingerprint density at radius 2 is 1.03 bits per heavy atom. The maximum absolute atomic E-state index is 6.16. The van der Waals surface area contributed by atoms with Crippen LogP contribution < -0.4 is 4.90 Å². The van der Waals surface area contributed by atoms with Crippen LogP contribution in [0, 0.1) is 0 Å². The highest BCUT2D eigenvalue weighted by atomic mass is 16.3. The molecule has 1 aliphatic rings. The predicted molar refractivity (Wildman–Crippen MR) is 251 cm³/mol. The maximum Gasteiger partial charge on any atom is 0.135 e. The van der Waals surface area contributed by atoms with Crippen LogP contribution in [0.1, 0.15) is 25.0 Å². The first-order valence-corrected chi connectivity index (χ1v) is 20.8. The summed E-state index contributed by atoms with van der Waals surface area (Å²) in [5, 5.41) is 4.79. The Labute approximate surface area is 349 Å². The molecule has 0 unspecified atom stereocenters. The molecule has 3 nitrogen and oxygen atoms in total. The van der Waals surface area contributed by atoms with Crippen LogP contribution in [0.4, 0.5) is 17.1 Å². The topological polar surface area (TPSA) is 21.3 Å². The summed E-state index contributed by atoms with van der Waals surface area (Å²) in [6.45, 7) is 4.74. The molecule has 0 saturated heterocycles. The number of aromatic nitrogens is 1. The largest absolute Gasteiger partial charge is 0.456 e. The standard InChI is InChI=1S/C57H40N2O/c1-57(2)49-21-9-6-16-44(49)46-20-13-24-52(56(46)57)58(41-31-26-37(27-32-41)39-30-35-54-48(36-39)45-17-8-11-25-53(45)60-54)42-33-28-38(29-34-42)43-19-12-23-51-55(43)47-18-7-10-22-50(47)59(51)40-14-4-3-5-15-40/h3-36H,1-2H3. The number of anilines is 3. The third-order valence-electron chi connectivity index (χ3n) is 12.8. The van der Waals surface area contributed by atoms with Crippen molar-refractivity contribution in [3.63, 3.8) is 0 Å². The quantitative estimate of drug-likeness (QED) is 0.168. The minimum absolute atomic E-state index is 0.188. The molecule has 0 spiro atoms. The molecule has 60 heavy (non-hydrogen) atoms. The molecule has 9 aromatic carbocycles. The van der Waals surface area contributed by atoms with Gasteiger partial charge in [-0.25, -0.2) is 0 Å². The molecule has 0 fully saturated rings. The van der Waals surface area contributed by atoms with Crippen LogP contribution in [-0.2, 0) is 5.41 Å². The van der Waals surface area contributed by atoms with E-state index in [0.29, 0.717) is 0 Å². The number of benzene rings is 9. The highest BCUT2D eigenvalue weighted by Gasteiger charge is 2.38. The second kappa shape index (κ2) is 13.2. The molecule has 0 N–H and O–H groups in total. The van der Waals surface area contributed by atoms with Gasteiger partial charge >= 0.3 is 0 Å².